The molecule has 0 aliphatic carbocycles. The molecular weight excluding hydrogens is 821 g/mol. The lowest BCUT2D eigenvalue weighted by Gasteiger charge is -2.40. The van der Waals surface area contributed by atoms with E-state index in [0.29, 0.717) is 30.4 Å². The van der Waals surface area contributed by atoms with E-state index >= 15 is 0 Å². The van der Waals surface area contributed by atoms with Gasteiger partial charge in [-0.05, 0) is 111 Å². The van der Waals surface area contributed by atoms with Gasteiger partial charge in [-0.1, -0.05) is 38.1 Å². The van der Waals surface area contributed by atoms with Crippen molar-refractivity contribution >= 4 is 46.1 Å². The summed E-state index contributed by atoms with van der Waals surface area (Å²) >= 11 is 0. The molecule has 0 bridgehead atoms. The van der Waals surface area contributed by atoms with Gasteiger partial charge < -0.3 is 24.6 Å². The number of anilines is 3. The first-order valence-electron chi connectivity index (χ1n) is 22.7. The van der Waals surface area contributed by atoms with E-state index in [4.69, 9.17) is 9.51 Å². The molecule has 0 saturated carbocycles. The van der Waals surface area contributed by atoms with E-state index in [1.807, 2.05) is 59.7 Å². The highest BCUT2D eigenvalue weighted by Gasteiger charge is 2.29. The largest absolute Gasteiger partial charge is 0.372 e. The summed E-state index contributed by atoms with van der Waals surface area (Å²) in [6.45, 7) is 21.6. The van der Waals surface area contributed by atoms with Crippen molar-refractivity contribution in [3.63, 3.8) is 0 Å². The molecule has 6 aromatic rings. The smallest absolute Gasteiger partial charge is 0.328 e. The van der Waals surface area contributed by atoms with Gasteiger partial charge in [0.2, 0.25) is 5.91 Å². The number of hydrogen-bond acceptors (Lipinski definition) is 12. The fraction of sp³-hybridized carbons (Fsp3) is 0.429. The highest BCUT2D eigenvalue weighted by Crippen LogP contribution is 2.34. The van der Waals surface area contributed by atoms with Crippen molar-refractivity contribution in [1.82, 2.24) is 45.6 Å². The van der Waals surface area contributed by atoms with Gasteiger partial charge in [-0.15, -0.1) is 0 Å². The average molecular weight is 879 g/mol. The minimum atomic E-state index is -0.415. The van der Waals surface area contributed by atoms with Crippen molar-refractivity contribution in [3.05, 3.63) is 94.9 Å². The molecule has 3 aromatic heterocycles. The summed E-state index contributed by atoms with van der Waals surface area (Å²) in [4.78, 5) is 68.2. The zero-order valence-electron chi connectivity index (χ0n) is 38.4. The Morgan fingerprint density at radius 1 is 0.846 bits per heavy atom. The molecule has 0 spiro atoms. The second-order valence-electron chi connectivity index (χ2n) is 18.9. The van der Waals surface area contributed by atoms with Gasteiger partial charge in [0, 0.05) is 92.4 Å². The van der Waals surface area contributed by atoms with Crippen molar-refractivity contribution < 1.29 is 18.9 Å². The molecule has 0 radical (unpaired) electrons. The van der Waals surface area contributed by atoms with Crippen LogP contribution >= 0.6 is 0 Å². The van der Waals surface area contributed by atoms with Crippen molar-refractivity contribution in [2.24, 2.45) is 5.92 Å². The number of nitrogens with one attached hydrogen (secondary N) is 3. The van der Waals surface area contributed by atoms with Crippen LogP contribution in [0, 0.1) is 26.7 Å². The molecule has 3 fully saturated rings. The van der Waals surface area contributed by atoms with Crippen LogP contribution in [-0.4, -0.2) is 105 Å². The number of imidazole rings is 1. The minimum Gasteiger partial charge on any atom is -0.372 e. The van der Waals surface area contributed by atoms with E-state index in [2.05, 4.69) is 93.7 Å². The van der Waals surface area contributed by atoms with Crippen molar-refractivity contribution in [2.45, 2.75) is 79.2 Å². The molecule has 4 amide bonds. The number of carbonyl (C=O) groups is 3. The van der Waals surface area contributed by atoms with Crippen LogP contribution < -0.4 is 25.3 Å². The van der Waals surface area contributed by atoms with Crippen LogP contribution in [0.4, 0.5) is 21.9 Å². The molecule has 3 saturated heterocycles. The lowest BCUT2D eigenvalue weighted by Crippen LogP contribution is -2.49. The molecule has 3 aliphatic rings. The standard InChI is InChI=1S/C49H58N12O4/c1-29-24-34(8-11-37(29)32(4)52-45(63)46-56-47(57-65-46)49(5,6)7)41-42-44(51-28-50-41)55-43(54-42)38-12-9-35(25-30(38)2)60-22-20-58(21-23-60)27-33-14-17-59(18-15-33)36-10-13-39(31(3)26-36)61-19-16-40(62)53-48(61)64/h8-13,24-26,28,32-33H,14-23,27H2,1-7H3,(H,52,63)(H,53,62,64)(H,50,51,54,55). The molecule has 3 N–H and O–H groups in total. The Morgan fingerprint density at radius 3 is 2.25 bits per heavy atom. The van der Waals surface area contributed by atoms with E-state index in [0.717, 1.165) is 115 Å². The number of rotatable bonds is 10. The van der Waals surface area contributed by atoms with Gasteiger partial charge >= 0.3 is 17.8 Å². The molecule has 1 atom stereocenters. The van der Waals surface area contributed by atoms with E-state index < -0.39 is 5.91 Å². The summed E-state index contributed by atoms with van der Waals surface area (Å²) in [6, 6.07) is 18.4. The first-order chi connectivity index (χ1) is 31.2. The number of amides is 4. The van der Waals surface area contributed by atoms with Gasteiger partial charge in [-0.3, -0.25) is 24.7 Å². The molecule has 3 aromatic carbocycles. The van der Waals surface area contributed by atoms with Crippen LogP contribution in [0.1, 0.15) is 91.8 Å². The Bertz CT molecular complexity index is 2760. The number of aryl methyl sites for hydroxylation is 3. The number of piperazine rings is 1. The van der Waals surface area contributed by atoms with E-state index in [1.54, 1.807) is 11.2 Å². The minimum absolute atomic E-state index is 0.0528. The Balaban J connectivity index is 0.786. The number of fused-ring (bicyclic) bond motifs is 1. The first kappa shape index (κ1) is 43.6. The maximum Gasteiger partial charge on any atom is 0.328 e. The zero-order valence-corrected chi connectivity index (χ0v) is 38.4. The molecule has 1 unspecified atom stereocenters. The van der Waals surface area contributed by atoms with Gasteiger partial charge in [0.05, 0.1) is 11.7 Å². The number of aromatic nitrogens is 6. The Labute approximate surface area is 379 Å². The second-order valence-corrected chi connectivity index (χ2v) is 18.9. The number of H-pyrrole nitrogens is 1. The fourth-order valence-electron chi connectivity index (χ4n) is 9.41. The number of benzene rings is 3. The number of carbonyl (C=O) groups excluding carboxylic acids is 3. The predicted octanol–water partition coefficient (Wildman–Crippen LogP) is 7.27. The van der Waals surface area contributed by atoms with Gasteiger partial charge in [0.15, 0.2) is 11.5 Å². The number of imide groups is 1. The number of nitrogens with zero attached hydrogens (tertiary/aromatic N) is 9. The number of hydrogen-bond donors (Lipinski definition) is 3. The third-order valence-corrected chi connectivity index (χ3v) is 13.2. The maximum atomic E-state index is 13.0. The van der Waals surface area contributed by atoms with Gasteiger partial charge in [-0.25, -0.2) is 19.7 Å². The third kappa shape index (κ3) is 9.17. The second kappa shape index (κ2) is 17.7. The van der Waals surface area contributed by atoms with Gasteiger partial charge in [-0.2, -0.15) is 4.98 Å². The molecule has 9 rings (SSSR count). The highest BCUT2D eigenvalue weighted by atomic mass is 16.5. The molecule has 338 valence electrons. The fourth-order valence-corrected chi connectivity index (χ4v) is 9.41. The summed E-state index contributed by atoms with van der Waals surface area (Å²) in [5, 5.41) is 9.40. The van der Waals surface area contributed by atoms with Crippen LogP contribution in [0.3, 0.4) is 0 Å². The lowest BCUT2D eigenvalue weighted by molar-refractivity contribution is -0.120. The normalized spacial score (nSPS) is 17.2. The van der Waals surface area contributed by atoms with Crippen LogP contribution in [0.15, 0.2) is 65.4 Å². The summed E-state index contributed by atoms with van der Waals surface area (Å²) in [7, 11) is 0. The maximum absolute atomic E-state index is 13.0. The van der Waals surface area contributed by atoms with Gasteiger partial charge in [0.25, 0.3) is 0 Å². The SMILES string of the molecule is Cc1cc(N2CCN(CC3CCN(c4ccc(N5CCC(=O)NC5=O)c(C)c4)CC3)CC2)ccc1-c1nc2ncnc(-c3ccc(C(C)NC(=O)c4nc(C(C)(C)C)no4)c(C)c3)c2[nH]1. The van der Waals surface area contributed by atoms with Crippen molar-refractivity contribution in [1.29, 1.82) is 0 Å². The van der Waals surface area contributed by atoms with Crippen molar-refractivity contribution in [3.8, 4) is 22.6 Å². The lowest BCUT2D eigenvalue weighted by atomic mass is 9.95. The molecular formula is C49H58N12O4. The molecule has 6 heterocycles. The Hall–Kier alpha value is -6.68. The third-order valence-electron chi connectivity index (χ3n) is 13.2. The van der Waals surface area contributed by atoms with E-state index in [-0.39, 0.29) is 29.3 Å². The summed E-state index contributed by atoms with van der Waals surface area (Å²) in [6.07, 6.45) is 4.18. The highest BCUT2D eigenvalue weighted by molar-refractivity contribution is 6.06. The molecule has 65 heavy (non-hydrogen) atoms. The van der Waals surface area contributed by atoms with Crippen LogP contribution in [0.5, 0.6) is 0 Å². The molecule has 16 nitrogen and oxygen atoms in total. The Kier molecular flexibility index (Phi) is 11.9. The Morgan fingerprint density at radius 2 is 1.57 bits per heavy atom. The van der Waals surface area contributed by atoms with E-state index in [9.17, 15) is 14.4 Å². The van der Waals surface area contributed by atoms with Gasteiger partial charge in [0.1, 0.15) is 17.7 Å². The first-order valence-corrected chi connectivity index (χ1v) is 22.7. The number of urea groups is 1. The molecule has 16 heteroatoms. The predicted molar refractivity (Wildman–Crippen MR) is 251 cm³/mol. The van der Waals surface area contributed by atoms with Crippen LogP contribution in [-0.2, 0) is 10.2 Å². The quantitative estimate of drug-likeness (QED) is 0.125. The monoisotopic (exact) mass is 878 g/mol. The average Bonchev–Trinajstić information content (AvgIpc) is 3.96. The summed E-state index contributed by atoms with van der Waals surface area (Å²) in [5.41, 5.74) is 11.1. The topological polar surface area (TPSA) is 182 Å². The zero-order chi connectivity index (χ0) is 45.6. The van der Waals surface area contributed by atoms with Crippen LogP contribution in [0.25, 0.3) is 33.8 Å². The molecule has 3 aliphatic heterocycles. The van der Waals surface area contributed by atoms with E-state index in [1.165, 1.54) is 11.4 Å². The summed E-state index contributed by atoms with van der Waals surface area (Å²) in [5.74, 6) is 1.22. The van der Waals surface area contributed by atoms with Crippen molar-refractivity contribution in [2.75, 3.05) is 67.1 Å². The number of piperidine rings is 1. The van der Waals surface area contributed by atoms with Crippen LogP contribution in [0.2, 0.25) is 0 Å². The number of aromatic amines is 1. The summed E-state index contributed by atoms with van der Waals surface area (Å²) < 4.78 is 5.25.